The van der Waals surface area contributed by atoms with E-state index in [2.05, 4.69) is 32.4 Å². The smallest absolute Gasteiger partial charge is 0.177 e. The van der Waals surface area contributed by atoms with Crippen LogP contribution in [-0.2, 0) is 6.42 Å². The second kappa shape index (κ2) is 4.23. The number of rotatable bonds is 0. The van der Waals surface area contributed by atoms with Gasteiger partial charge in [0.1, 0.15) is 5.54 Å². The third kappa shape index (κ3) is 1.96. The summed E-state index contributed by atoms with van der Waals surface area (Å²) in [6.07, 6.45) is 8.08. The number of nitrogens with zero attached hydrogens (tertiary/aromatic N) is 1. The predicted molar refractivity (Wildman–Crippen MR) is 69.4 cm³/mol. The summed E-state index contributed by atoms with van der Waals surface area (Å²) in [4.78, 5) is 4.30. The first-order valence-corrected chi connectivity index (χ1v) is 6.95. The van der Waals surface area contributed by atoms with Gasteiger partial charge in [-0.3, -0.25) is 5.17 Å². The van der Waals surface area contributed by atoms with Crippen molar-refractivity contribution in [1.82, 2.24) is 4.98 Å². The first-order valence-electron chi connectivity index (χ1n) is 6.16. The second-order valence-corrected chi connectivity index (χ2v) is 6.02. The fraction of sp³-hybridized carbons (Fsp3) is 0.583. The van der Waals surface area contributed by atoms with E-state index in [0.717, 1.165) is 41.5 Å². The van der Waals surface area contributed by atoms with Crippen molar-refractivity contribution in [3.8, 4) is 0 Å². The van der Waals surface area contributed by atoms with Gasteiger partial charge in [0, 0.05) is 35.5 Å². The van der Waals surface area contributed by atoms with Crippen molar-refractivity contribution >= 4 is 21.7 Å². The Balaban J connectivity index is 1.93. The van der Waals surface area contributed by atoms with E-state index in [-0.39, 0.29) is 10.7 Å². The largest absolute Gasteiger partial charge is 0.607 e. The molecule has 1 spiro atoms. The number of hydrogen-bond donors (Lipinski definition) is 2. The van der Waals surface area contributed by atoms with Crippen LogP contribution in [0.2, 0.25) is 0 Å². The molecular formula is C12H16BrN3O. The minimum atomic E-state index is -0.118. The van der Waals surface area contributed by atoms with Gasteiger partial charge < -0.3 is 5.21 Å². The summed E-state index contributed by atoms with van der Waals surface area (Å²) in [5.41, 5.74) is 4.04. The average Bonchev–Trinajstić information content (AvgIpc) is 2.74. The molecule has 1 aliphatic carbocycles. The molecule has 1 saturated carbocycles. The van der Waals surface area contributed by atoms with Crippen molar-refractivity contribution in [2.24, 2.45) is 0 Å². The van der Waals surface area contributed by atoms with E-state index in [0.29, 0.717) is 0 Å². The fourth-order valence-corrected chi connectivity index (χ4v) is 3.42. The first kappa shape index (κ1) is 11.4. The van der Waals surface area contributed by atoms with Crippen LogP contribution in [0.4, 0.5) is 5.82 Å². The number of hydroxylamine groups is 1. The van der Waals surface area contributed by atoms with Crippen LogP contribution in [-0.4, -0.2) is 10.5 Å². The third-order valence-corrected chi connectivity index (χ3v) is 4.51. The number of aryl methyl sites for hydroxylation is 1. The summed E-state index contributed by atoms with van der Waals surface area (Å²) in [6.45, 7) is 0. The number of quaternary nitrogens is 1. The lowest BCUT2D eigenvalue weighted by molar-refractivity contribution is -0.883. The highest BCUT2D eigenvalue weighted by molar-refractivity contribution is 9.10. The molecule has 1 atom stereocenters. The number of nitrogens with one attached hydrogen (secondary N) is 2. The Labute approximate surface area is 109 Å². The molecule has 0 aromatic carbocycles. The highest BCUT2D eigenvalue weighted by atomic mass is 79.9. The zero-order valence-corrected chi connectivity index (χ0v) is 11.2. The van der Waals surface area contributed by atoms with Crippen molar-refractivity contribution < 1.29 is 5.17 Å². The summed E-state index contributed by atoms with van der Waals surface area (Å²) >= 11 is 3.43. The zero-order chi connectivity index (χ0) is 11.9. The summed E-state index contributed by atoms with van der Waals surface area (Å²) in [5, 5.41) is 12.5. The van der Waals surface area contributed by atoms with Crippen LogP contribution in [0.3, 0.4) is 0 Å². The molecule has 1 aromatic heterocycles. The Kier molecular flexibility index (Phi) is 2.84. The highest BCUT2D eigenvalue weighted by Gasteiger charge is 2.42. The molecule has 2 heterocycles. The third-order valence-electron chi connectivity index (χ3n) is 4.08. The Morgan fingerprint density at radius 3 is 2.88 bits per heavy atom. The molecule has 0 saturated heterocycles. The maximum absolute atomic E-state index is 12.3. The summed E-state index contributed by atoms with van der Waals surface area (Å²) in [6, 6.07) is 2.07. The minimum absolute atomic E-state index is 0.118. The van der Waals surface area contributed by atoms with Crippen LogP contribution in [0.15, 0.2) is 16.7 Å². The van der Waals surface area contributed by atoms with Crippen LogP contribution in [0, 0.1) is 5.21 Å². The molecule has 0 radical (unpaired) electrons. The van der Waals surface area contributed by atoms with Gasteiger partial charge in [-0.2, -0.15) is 0 Å². The molecule has 3 rings (SSSR count). The Morgan fingerprint density at radius 1 is 1.35 bits per heavy atom. The van der Waals surface area contributed by atoms with Crippen molar-refractivity contribution in [1.29, 1.82) is 0 Å². The lowest BCUT2D eigenvalue weighted by atomic mass is 9.91. The lowest BCUT2D eigenvalue weighted by Gasteiger charge is -2.38. The van der Waals surface area contributed by atoms with E-state index < -0.39 is 0 Å². The van der Waals surface area contributed by atoms with Gasteiger partial charge in [-0.1, -0.05) is 0 Å². The number of fused-ring (bicyclic) bond motifs is 1. The van der Waals surface area contributed by atoms with Gasteiger partial charge in [0.15, 0.2) is 5.82 Å². The Bertz CT molecular complexity index is 432. The van der Waals surface area contributed by atoms with E-state index in [1.165, 1.54) is 12.8 Å². The number of pyridine rings is 1. The van der Waals surface area contributed by atoms with Gasteiger partial charge in [0.05, 0.1) is 0 Å². The van der Waals surface area contributed by atoms with Crippen molar-refractivity contribution in [3.05, 3.63) is 27.5 Å². The fourth-order valence-electron chi connectivity index (χ4n) is 3.04. The Hall–Kier alpha value is -0.650. The van der Waals surface area contributed by atoms with Crippen LogP contribution in [0.1, 0.15) is 37.7 Å². The van der Waals surface area contributed by atoms with E-state index in [9.17, 15) is 5.21 Å². The quantitative estimate of drug-likeness (QED) is 0.718. The standard InChI is InChI=1S/C12H16BrN3O/c13-10-7-9-3-6-12(4-1-2-5-12)16(17)15-11(9)14-8-10/h7-8,16H,1-6H2,(H,14,15). The summed E-state index contributed by atoms with van der Waals surface area (Å²) in [5.74, 6) is 0.752. The monoisotopic (exact) mass is 297 g/mol. The molecule has 92 valence electrons. The topological polar surface area (TPSA) is 52.4 Å². The molecule has 2 N–H and O–H groups in total. The molecule has 0 bridgehead atoms. The molecule has 4 nitrogen and oxygen atoms in total. The average molecular weight is 298 g/mol. The van der Waals surface area contributed by atoms with Gasteiger partial charge in [-0.05, 0) is 41.3 Å². The van der Waals surface area contributed by atoms with E-state index in [1.807, 2.05) is 0 Å². The number of anilines is 1. The molecule has 5 heteroatoms. The van der Waals surface area contributed by atoms with Crippen LogP contribution in [0.5, 0.6) is 0 Å². The maximum Gasteiger partial charge on any atom is 0.177 e. The van der Waals surface area contributed by atoms with E-state index in [1.54, 1.807) is 6.20 Å². The molecule has 1 unspecified atom stereocenters. The van der Waals surface area contributed by atoms with Crippen LogP contribution >= 0.6 is 15.9 Å². The predicted octanol–water partition coefficient (Wildman–Crippen LogP) is 1.81. The second-order valence-electron chi connectivity index (χ2n) is 5.10. The molecular weight excluding hydrogens is 282 g/mol. The van der Waals surface area contributed by atoms with Crippen molar-refractivity contribution in [2.75, 3.05) is 5.43 Å². The van der Waals surface area contributed by atoms with Gasteiger partial charge in [0.25, 0.3) is 0 Å². The van der Waals surface area contributed by atoms with Crippen molar-refractivity contribution in [2.45, 2.75) is 44.1 Å². The van der Waals surface area contributed by atoms with Gasteiger partial charge in [0.2, 0.25) is 0 Å². The molecule has 0 amide bonds. The first-order chi connectivity index (χ1) is 8.20. The van der Waals surface area contributed by atoms with Gasteiger partial charge in [-0.15, -0.1) is 0 Å². The SMILES string of the molecule is [O-][NH+]1Nc2ncc(Br)cc2CCC12CCCC2. The zero-order valence-electron chi connectivity index (χ0n) is 9.63. The molecule has 17 heavy (non-hydrogen) atoms. The summed E-state index contributed by atoms with van der Waals surface area (Å²) in [7, 11) is 0. The summed E-state index contributed by atoms with van der Waals surface area (Å²) < 4.78 is 0.980. The van der Waals surface area contributed by atoms with E-state index in [4.69, 9.17) is 0 Å². The van der Waals surface area contributed by atoms with Gasteiger partial charge in [-0.25, -0.2) is 10.4 Å². The Morgan fingerprint density at radius 2 is 2.12 bits per heavy atom. The van der Waals surface area contributed by atoms with Crippen LogP contribution in [0.25, 0.3) is 0 Å². The molecule has 2 aliphatic rings. The molecule has 1 aliphatic heterocycles. The normalized spacial score (nSPS) is 26.4. The molecule has 1 fully saturated rings. The molecule has 1 aromatic rings. The number of hydrogen-bond acceptors (Lipinski definition) is 3. The van der Waals surface area contributed by atoms with E-state index >= 15 is 0 Å². The number of halogens is 1. The van der Waals surface area contributed by atoms with Crippen molar-refractivity contribution in [3.63, 3.8) is 0 Å². The number of aromatic nitrogens is 1. The van der Waals surface area contributed by atoms with Crippen LogP contribution < -0.4 is 10.6 Å². The highest BCUT2D eigenvalue weighted by Crippen LogP contribution is 2.33. The van der Waals surface area contributed by atoms with Gasteiger partial charge >= 0.3 is 0 Å². The minimum Gasteiger partial charge on any atom is -0.607 e. The lowest BCUT2D eigenvalue weighted by Crippen LogP contribution is -3.18. The maximum atomic E-state index is 12.3.